The van der Waals surface area contributed by atoms with Crippen molar-refractivity contribution >= 4 is 17.3 Å². The fraction of sp³-hybridized carbons (Fsp3) is 0.235. The molecule has 0 saturated heterocycles. The molecule has 0 atom stereocenters. The Labute approximate surface area is 128 Å². The largest absolute Gasteiger partial charge is 0.384 e. The molecule has 0 aliphatic rings. The molecular formula is C17H18F2N2O. The highest BCUT2D eigenvalue weighted by atomic mass is 19.2. The lowest BCUT2D eigenvalue weighted by atomic mass is 10.1. The van der Waals surface area contributed by atoms with E-state index in [-0.39, 0.29) is 12.3 Å². The normalized spacial score (nSPS) is 10.4. The van der Waals surface area contributed by atoms with Gasteiger partial charge in [0.2, 0.25) is 5.91 Å². The molecule has 0 aliphatic carbocycles. The lowest BCUT2D eigenvalue weighted by Gasteiger charge is -2.10. The van der Waals surface area contributed by atoms with Gasteiger partial charge in [-0.1, -0.05) is 17.7 Å². The van der Waals surface area contributed by atoms with Gasteiger partial charge in [0.05, 0.1) is 0 Å². The van der Waals surface area contributed by atoms with Gasteiger partial charge >= 0.3 is 0 Å². The average Bonchev–Trinajstić information content (AvgIpc) is 2.46. The van der Waals surface area contributed by atoms with E-state index >= 15 is 0 Å². The van der Waals surface area contributed by atoms with Crippen LogP contribution in [0.15, 0.2) is 36.4 Å². The number of rotatable bonds is 5. The molecule has 0 radical (unpaired) electrons. The molecule has 1 amide bonds. The topological polar surface area (TPSA) is 41.1 Å². The monoisotopic (exact) mass is 304 g/mol. The summed E-state index contributed by atoms with van der Waals surface area (Å²) in [5.41, 5.74) is 3.36. The lowest BCUT2D eigenvalue weighted by Crippen LogP contribution is -2.17. The van der Waals surface area contributed by atoms with Crippen molar-refractivity contribution in [2.75, 3.05) is 17.2 Å². The van der Waals surface area contributed by atoms with Crippen LogP contribution in [-0.2, 0) is 4.79 Å². The van der Waals surface area contributed by atoms with E-state index < -0.39 is 11.6 Å². The predicted molar refractivity (Wildman–Crippen MR) is 84.0 cm³/mol. The Bertz CT molecular complexity index is 686. The Balaban J connectivity index is 1.83. The number of carbonyl (C=O) groups excluding carboxylic acids is 1. The minimum atomic E-state index is -0.912. The molecule has 0 fully saturated rings. The van der Waals surface area contributed by atoms with E-state index in [0.29, 0.717) is 12.2 Å². The van der Waals surface area contributed by atoms with Crippen LogP contribution in [-0.4, -0.2) is 12.5 Å². The van der Waals surface area contributed by atoms with Crippen LogP contribution in [0.2, 0.25) is 0 Å². The predicted octanol–water partition coefficient (Wildman–Crippen LogP) is 4.02. The zero-order chi connectivity index (χ0) is 16.1. The van der Waals surface area contributed by atoms with Crippen LogP contribution in [0.3, 0.4) is 0 Å². The third-order valence-corrected chi connectivity index (χ3v) is 3.26. The number of halogens is 2. The average molecular weight is 304 g/mol. The van der Waals surface area contributed by atoms with Crippen LogP contribution >= 0.6 is 0 Å². The highest BCUT2D eigenvalue weighted by molar-refractivity contribution is 5.91. The van der Waals surface area contributed by atoms with Crippen molar-refractivity contribution in [2.45, 2.75) is 20.3 Å². The third-order valence-electron chi connectivity index (χ3n) is 3.26. The molecule has 0 spiro atoms. The first-order chi connectivity index (χ1) is 10.5. The molecule has 0 saturated carbocycles. The van der Waals surface area contributed by atoms with Crippen molar-refractivity contribution in [1.29, 1.82) is 0 Å². The van der Waals surface area contributed by atoms with E-state index in [9.17, 15) is 13.6 Å². The number of anilines is 2. The molecule has 0 aliphatic heterocycles. The van der Waals surface area contributed by atoms with Crippen molar-refractivity contribution in [2.24, 2.45) is 0 Å². The van der Waals surface area contributed by atoms with Crippen LogP contribution in [0.4, 0.5) is 20.2 Å². The molecule has 3 nitrogen and oxygen atoms in total. The minimum Gasteiger partial charge on any atom is -0.384 e. The summed E-state index contributed by atoms with van der Waals surface area (Å²) in [6, 6.07) is 9.34. The summed E-state index contributed by atoms with van der Waals surface area (Å²) < 4.78 is 25.8. The molecule has 0 heterocycles. The van der Waals surface area contributed by atoms with Gasteiger partial charge in [0.15, 0.2) is 11.6 Å². The highest BCUT2D eigenvalue weighted by Crippen LogP contribution is 2.16. The Morgan fingerprint density at radius 1 is 1.05 bits per heavy atom. The number of nitrogens with one attached hydrogen (secondary N) is 2. The summed E-state index contributed by atoms with van der Waals surface area (Å²) >= 11 is 0. The highest BCUT2D eigenvalue weighted by Gasteiger charge is 2.06. The second-order valence-corrected chi connectivity index (χ2v) is 5.17. The van der Waals surface area contributed by atoms with Crippen molar-refractivity contribution < 1.29 is 13.6 Å². The summed E-state index contributed by atoms with van der Waals surface area (Å²) in [4.78, 5) is 11.9. The van der Waals surface area contributed by atoms with Gasteiger partial charge < -0.3 is 10.6 Å². The van der Waals surface area contributed by atoms with E-state index in [1.165, 1.54) is 6.07 Å². The van der Waals surface area contributed by atoms with Crippen molar-refractivity contribution in [3.63, 3.8) is 0 Å². The van der Waals surface area contributed by atoms with E-state index in [1.807, 2.05) is 32.0 Å². The number of hydrogen-bond donors (Lipinski definition) is 2. The number of hydrogen-bond acceptors (Lipinski definition) is 2. The fourth-order valence-corrected chi connectivity index (χ4v) is 2.09. The van der Waals surface area contributed by atoms with Gasteiger partial charge in [-0.05, 0) is 43.7 Å². The maximum atomic E-state index is 13.0. The summed E-state index contributed by atoms with van der Waals surface area (Å²) in [7, 11) is 0. The maximum absolute atomic E-state index is 13.0. The molecule has 0 unspecified atom stereocenters. The van der Waals surface area contributed by atoms with Crippen LogP contribution in [0.25, 0.3) is 0 Å². The molecule has 0 bridgehead atoms. The van der Waals surface area contributed by atoms with Gasteiger partial charge in [0.25, 0.3) is 0 Å². The summed E-state index contributed by atoms with van der Waals surface area (Å²) in [5.74, 6) is -1.94. The van der Waals surface area contributed by atoms with Gasteiger partial charge in [-0.3, -0.25) is 4.79 Å². The first kappa shape index (κ1) is 15.9. The van der Waals surface area contributed by atoms with Gasteiger partial charge in [-0.15, -0.1) is 0 Å². The Morgan fingerprint density at radius 3 is 2.50 bits per heavy atom. The Morgan fingerprint density at radius 2 is 1.82 bits per heavy atom. The van der Waals surface area contributed by atoms with Crippen LogP contribution < -0.4 is 10.6 Å². The smallest absolute Gasteiger partial charge is 0.226 e. The summed E-state index contributed by atoms with van der Waals surface area (Å²) in [5, 5.41) is 5.72. The van der Waals surface area contributed by atoms with Crippen LogP contribution in [0, 0.1) is 25.5 Å². The number of aryl methyl sites for hydroxylation is 2. The quantitative estimate of drug-likeness (QED) is 0.876. The van der Waals surface area contributed by atoms with Gasteiger partial charge in [0.1, 0.15) is 0 Å². The van der Waals surface area contributed by atoms with E-state index in [0.717, 1.165) is 28.9 Å². The Kier molecular flexibility index (Phi) is 5.09. The van der Waals surface area contributed by atoms with E-state index in [1.54, 1.807) is 0 Å². The zero-order valence-electron chi connectivity index (χ0n) is 12.5. The van der Waals surface area contributed by atoms with E-state index in [2.05, 4.69) is 10.6 Å². The SMILES string of the molecule is Cc1ccc(NC(=O)CCNc2ccc(F)c(F)c2)c(C)c1. The molecule has 0 aromatic heterocycles. The first-order valence-corrected chi connectivity index (χ1v) is 7.02. The molecule has 5 heteroatoms. The second-order valence-electron chi connectivity index (χ2n) is 5.17. The fourth-order valence-electron chi connectivity index (χ4n) is 2.09. The molecule has 2 N–H and O–H groups in total. The standard InChI is InChI=1S/C17H18F2N2O/c1-11-3-6-16(12(2)9-11)21-17(22)7-8-20-13-4-5-14(18)15(19)10-13/h3-6,9-10,20H,7-8H2,1-2H3,(H,21,22). The lowest BCUT2D eigenvalue weighted by molar-refractivity contribution is -0.115. The Hall–Kier alpha value is -2.43. The van der Waals surface area contributed by atoms with Gasteiger partial charge in [-0.25, -0.2) is 8.78 Å². The molecule has 116 valence electrons. The molecule has 2 aromatic rings. The van der Waals surface area contributed by atoms with Crippen LogP contribution in [0.1, 0.15) is 17.5 Å². The number of carbonyl (C=O) groups is 1. The summed E-state index contributed by atoms with van der Waals surface area (Å²) in [6.07, 6.45) is 0.228. The van der Waals surface area contributed by atoms with Crippen molar-refractivity contribution in [3.8, 4) is 0 Å². The van der Waals surface area contributed by atoms with Crippen molar-refractivity contribution in [3.05, 3.63) is 59.2 Å². The minimum absolute atomic E-state index is 0.137. The first-order valence-electron chi connectivity index (χ1n) is 7.02. The number of amides is 1. The molecule has 22 heavy (non-hydrogen) atoms. The van der Waals surface area contributed by atoms with Crippen molar-refractivity contribution in [1.82, 2.24) is 0 Å². The third kappa shape index (κ3) is 4.28. The second kappa shape index (κ2) is 7.02. The molecular weight excluding hydrogens is 286 g/mol. The van der Waals surface area contributed by atoms with Gasteiger partial charge in [0, 0.05) is 24.3 Å². The van der Waals surface area contributed by atoms with Crippen LogP contribution in [0.5, 0.6) is 0 Å². The van der Waals surface area contributed by atoms with E-state index in [4.69, 9.17) is 0 Å². The molecule has 2 rings (SSSR count). The van der Waals surface area contributed by atoms with Gasteiger partial charge in [-0.2, -0.15) is 0 Å². The molecule has 2 aromatic carbocycles. The summed E-state index contributed by atoms with van der Waals surface area (Å²) in [6.45, 7) is 4.26. The maximum Gasteiger partial charge on any atom is 0.226 e. The number of benzene rings is 2. The zero-order valence-corrected chi connectivity index (χ0v) is 12.5.